The van der Waals surface area contributed by atoms with Gasteiger partial charge in [-0.1, -0.05) is 219 Å². The summed E-state index contributed by atoms with van der Waals surface area (Å²) < 4.78 is 44.2. The van der Waals surface area contributed by atoms with E-state index in [9.17, 15) is 22.8 Å². The lowest BCUT2D eigenvalue weighted by molar-refractivity contribution is -0.186. The Morgan fingerprint density at radius 1 is 0.511 bits per heavy atom. The first-order chi connectivity index (χ1) is 43.8. The Balaban J connectivity index is -0.000000320. The molecule has 6 aromatic rings. The van der Waals surface area contributed by atoms with E-state index in [0.29, 0.717) is 44.0 Å². The lowest BCUT2D eigenvalue weighted by Gasteiger charge is -2.31. The minimum Gasteiger partial charge on any atom is -0.465 e. The van der Waals surface area contributed by atoms with Crippen LogP contribution in [0.25, 0.3) is 0 Å². The SMILES string of the molecule is CCC(C)(C)c1ccccc1.CCC(C)(c1ccccc1)C(F)(F)F.CCC(C)c1cc(C(=O)CO)cc(C(=O)OC)c1.CCC(C)c1ccc(Cl)c(Cl)c1.CCC(C)c1cccc(Br)c1.CCC(C)c1cccc2c1CCCC2.CO.CO.CO.CO.CO.CO. The third kappa shape index (κ3) is 35.5. The van der Waals surface area contributed by atoms with Gasteiger partial charge in [-0.15, -0.1) is 0 Å². The number of aliphatic hydroxyl groups is 7. The highest BCUT2D eigenvalue weighted by Crippen LogP contribution is 2.43. The van der Waals surface area contributed by atoms with E-state index >= 15 is 0 Å². The number of esters is 1. The van der Waals surface area contributed by atoms with E-state index in [1.807, 2.05) is 32.0 Å². The van der Waals surface area contributed by atoms with Crippen molar-refractivity contribution in [3.63, 3.8) is 0 Å². The van der Waals surface area contributed by atoms with E-state index in [2.05, 4.69) is 156 Å². The molecule has 16 heteroatoms. The molecular weight excluding hydrogens is 1280 g/mol. The van der Waals surface area contributed by atoms with Crippen LogP contribution in [-0.2, 0) is 28.4 Å². The van der Waals surface area contributed by atoms with Crippen molar-refractivity contribution in [2.75, 3.05) is 56.4 Å². The summed E-state index contributed by atoms with van der Waals surface area (Å²) in [5, 5.41) is 52.2. The molecule has 7 rings (SSSR count). The van der Waals surface area contributed by atoms with E-state index in [0.717, 1.165) is 67.0 Å². The fourth-order valence-electron chi connectivity index (χ4n) is 8.72. The highest BCUT2D eigenvalue weighted by atomic mass is 79.9. The van der Waals surface area contributed by atoms with Gasteiger partial charge in [0, 0.05) is 52.7 Å². The van der Waals surface area contributed by atoms with Crippen LogP contribution in [0.15, 0.2) is 144 Å². The standard InChI is InChI=1S/C14H18O4.C14H20.C11H13F3.C11H16.C10H13Br.C10H12Cl2.6CH4O/c1-4-9(2)10-5-11(13(16)8-15)7-12(6-10)14(17)18-3;1-3-11(2)13-10-6-8-12-7-4-5-9-14(12)13;1-3-10(2,11(12,13)14)9-7-5-4-6-8-9;1-4-11(2,3)10-8-6-5-7-9-10;1-3-8(2)9-5-4-6-10(11)7-9;1-3-7(2)8-4-5-9(11)10(12)6-8;6*1-2/h5-7,9,15H,4,8H2,1-3H3;6,8,10-11H,3-5,7,9H2,1-2H3;4-8H,3H2,1-2H3;5-9H,4H2,1-3H3;4-8H,3H2,1-2H3;4-7H,3H2,1-2H3;6*2H,1H3. The number of aryl methyl sites for hydroxylation is 1. The molecule has 0 saturated heterocycles. The number of aliphatic hydroxyl groups excluding tert-OH is 7. The van der Waals surface area contributed by atoms with Crippen molar-refractivity contribution in [2.45, 2.75) is 195 Å². The smallest absolute Gasteiger partial charge is 0.398 e. The molecule has 0 amide bonds. The molecule has 0 radical (unpaired) electrons. The number of carbonyl (C=O) groups excluding carboxylic acids is 2. The quantitative estimate of drug-likeness (QED) is 0.0386. The zero-order valence-corrected chi connectivity index (χ0v) is 62.1. The lowest BCUT2D eigenvalue weighted by Crippen LogP contribution is -2.38. The van der Waals surface area contributed by atoms with E-state index in [-0.39, 0.29) is 12.3 Å². The molecule has 0 aliphatic heterocycles. The Labute approximate surface area is 571 Å². The van der Waals surface area contributed by atoms with Gasteiger partial charge in [-0.25, -0.2) is 4.79 Å². The van der Waals surface area contributed by atoms with Crippen molar-refractivity contribution < 1.29 is 63.2 Å². The second kappa shape index (κ2) is 56.4. The first-order valence-corrected chi connectivity index (χ1v) is 32.9. The molecule has 5 atom stereocenters. The van der Waals surface area contributed by atoms with Crippen LogP contribution >= 0.6 is 39.1 Å². The van der Waals surface area contributed by atoms with Crippen molar-refractivity contribution >= 4 is 50.9 Å². The van der Waals surface area contributed by atoms with Crippen molar-refractivity contribution in [3.8, 4) is 0 Å². The minimum atomic E-state index is -4.19. The van der Waals surface area contributed by atoms with Crippen LogP contribution in [0.5, 0.6) is 0 Å². The van der Waals surface area contributed by atoms with Crippen molar-refractivity contribution in [2.24, 2.45) is 0 Å². The summed E-state index contributed by atoms with van der Waals surface area (Å²) in [6.07, 6.45) is 6.94. The number of fused-ring (bicyclic) bond motifs is 1. The van der Waals surface area contributed by atoms with Crippen LogP contribution in [0, 0.1) is 0 Å². The molecule has 0 heterocycles. The van der Waals surface area contributed by atoms with Gasteiger partial charge >= 0.3 is 12.1 Å². The Hall–Kier alpha value is -4.97. The second-order valence-corrected chi connectivity index (χ2v) is 23.5. The van der Waals surface area contributed by atoms with E-state index in [1.165, 1.54) is 98.3 Å². The topological polar surface area (TPSA) is 185 Å². The number of hydrogen-bond acceptors (Lipinski definition) is 10. The number of Topliss-reactive ketones (excluding diaryl/α,β-unsaturated/α-hetero) is 1. The Morgan fingerprint density at radius 2 is 0.957 bits per heavy atom. The molecule has 0 saturated carbocycles. The predicted molar refractivity (Wildman–Crippen MR) is 386 cm³/mol. The summed E-state index contributed by atoms with van der Waals surface area (Å²) in [5.74, 6) is 1.33. The summed E-state index contributed by atoms with van der Waals surface area (Å²) in [5.41, 5.74) is 9.54. The van der Waals surface area contributed by atoms with Gasteiger partial charge in [0.1, 0.15) is 6.61 Å². The molecule has 0 bridgehead atoms. The monoisotopic (exact) mass is 1390 g/mol. The fraction of sp³-hybridized carbons (Fsp3) is 0.500. The Bertz CT molecular complexity index is 2730. The van der Waals surface area contributed by atoms with E-state index < -0.39 is 30.0 Å². The normalized spacial score (nSPS) is 12.5. The number of hydrogen-bond donors (Lipinski definition) is 7. The van der Waals surface area contributed by atoms with Gasteiger partial charge in [0.05, 0.1) is 28.1 Å². The van der Waals surface area contributed by atoms with Gasteiger partial charge in [0.2, 0.25) is 0 Å². The highest BCUT2D eigenvalue weighted by Gasteiger charge is 2.50. The number of carbonyl (C=O) groups is 2. The van der Waals surface area contributed by atoms with Gasteiger partial charge in [-0.05, 0) is 187 Å². The van der Waals surface area contributed by atoms with Crippen LogP contribution in [0.4, 0.5) is 13.2 Å². The first kappa shape index (κ1) is 95.7. The number of benzene rings is 6. The Kier molecular flexibility index (Phi) is 58.7. The number of methoxy groups -OCH3 is 1. The van der Waals surface area contributed by atoms with Crippen LogP contribution in [0.1, 0.15) is 230 Å². The van der Waals surface area contributed by atoms with E-state index in [4.69, 9.17) is 58.9 Å². The summed E-state index contributed by atoms with van der Waals surface area (Å²) >= 11 is 15.1. The molecule has 6 aromatic carbocycles. The summed E-state index contributed by atoms with van der Waals surface area (Å²) in [7, 11) is 7.30. The number of halogens is 6. The zero-order valence-electron chi connectivity index (χ0n) is 59.0. The lowest BCUT2D eigenvalue weighted by atomic mass is 9.79. The molecule has 92 heavy (non-hydrogen) atoms. The average molecular weight is 1400 g/mol. The Morgan fingerprint density at radius 3 is 1.38 bits per heavy atom. The molecular formula is C76H116BrCl2F3O10. The van der Waals surface area contributed by atoms with E-state index in [1.54, 1.807) is 53.9 Å². The van der Waals surface area contributed by atoms with Gasteiger partial charge in [0.15, 0.2) is 5.78 Å². The maximum atomic E-state index is 12.8. The number of rotatable bonds is 15. The molecule has 7 N–H and O–H groups in total. The van der Waals surface area contributed by atoms with Crippen molar-refractivity contribution in [1.29, 1.82) is 0 Å². The van der Waals surface area contributed by atoms with Gasteiger partial charge in [-0.3, -0.25) is 4.79 Å². The van der Waals surface area contributed by atoms with Gasteiger partial charge < -0.3 is 40.5 Å². The third-order valence-corrected chi connectivity index (χ3v) is 17.2. The molecule has 1 aliphatic rings. The maximum absolute atomic E-state index is 12.8. The third-order valence-electron chi connectivity index (χ3n) is 15.9. The highest BCUT2D eigenvalue weighted by molar-refractivity contribution is 9.10. The van der Waals surface area contributed by atoms with Gasteiger partial charge in [-0.2, -0.15) is 13.2 Å². The van der Waals surface area contributed by atoms with Crippen LogP contribution in [0.3, 0.4) is 0 Å². The molecule has 0 spiro atoms. The van der Waals surface area contributed by atoms with Gasteiger partial charge in [0.25, 0.3) is 0 Å². The molecule has 5 unspecified atom stereocenters. The molecule has 0 fully saturated rings. The van der Waals surface area contributed by atoms with Crippen LogP contribution in [-0.4, -0.2) is 110 Å². The molecule has 1 aliphatic carbocycles. The fourth-order valence-corrected chi connectivity index (χ4v) is 9.45. The summed E-state index contributed by atoms with van der Waals surface area (Å²) in [4.78, 5) is 23.1. The van der Waals surface area contributed by atoms with Crippen LogP contribution in [0.2, 0.25) is 10.0 Å². The molecule has 0 aromatic heterocycles. The number of ketones is 1. The molecule has 522 valence electrons. The minimum absolute atomic E-state index is 0.0561. The average Bonchev–Trinajstić information content (AvgIpc) is 0.832. The summed E-state index contributed by atoms with van der Waals surface area (Å²) in [6.45, 7) is 26.5. The molecule has 10 nitrogen and oxygen atoms in total. The first-order valence-electron chi connectivity index (χ1n) is 31.4. The maximum Gasteiger partial charge on any atom is 0.398 e. The summed E-state index contributed by atoms with van der Waals surface area (Å²) in [6, 6.07) is 44.8. The second-order valence-electron chi connectivity index (χ2n) is 21.7. The predicted octanol–water partition coefficient (Wildman–Crippen LogP) is 19.7. The van der Waals surface area contributed by atoms with Crippen molar-refractivity contribution in [1.82, 2.24) is 0 Å². The zero-order chi connectivity index (χ0) is 72.2. The largest absolute Gasteiger partial charge is 0.465 e. The number of ether oxygens (including phenoxy) is 1. The van der Waals surface area contributed by atoms with Crippen molar-refractivity contribution in [3.05, 3.63) is 210 Å². The number of alkyl halides is 3. The van der Waals surface area contributed by atoms with Crippen LogP contribution < -0.4 is 0 Å².